The predicted molar refractivity (Wildman–Crippen MR) is 96.0 cm³/mol. The molecule has 0 aliphatic carbocycles. The van der Waals surface area contributed by atoms with Gasteiger partial charge in [-0.2, -0.15) is 5.10 Å². The molecule has 0 saturated carbocycles. The minimum atomic E-state index is -0.321. The van der Waals surface area contributed by atoms with Gasteiger partial charge in [0.2, 0.25) is 11.8 Å². The lowest BCUT2D eigenvalue weighted by Crippen LogP contribution is -2.29. The Hall–Kier alpha value is -2.15. The van der Waals surface area contributed by atoms with Crippen molar-refractivity contribution in [2.24, 2.45) is 7.05 Å². The van der Waals surface area contributed by atoms with Gasteiger partial charge < -0.3 is 10.6 Å². The average molecular weight is 348 g/mol. The zero-order chi connectivity index (χ0) is 17.9. The Kier molecular flexibility index (Phi) is 5.43. The summed E-state index contributed by atoms with van der Waals surface area (Å²) in [4.78, 5) is 24.8. The van der Waals surface area contributed by atoms with Crippen LogP contribution in [0.5, 0.6) is 0 Å². The van der Waals surface area contributed by atoms with Crippen LogP contribution in [0.25, 0.3) is 0 Å². The number of aromatic nitrogens is 2. The van der Waals surface area contributed by atoms with Crippen LogP contribution in [0.15, 0.2) is 23.6 Å². The second-order valence-electron chi connectivity index (χ2n) is 6.81. The molecule has 24 heavy (non-hydrogen) atoms. The molecule has 0 bridgehead atoms. The fraction of sp³-hybridized carbons (Fsp3) is 0.471. The third-order valence-corrected chi connectivity index (χ3v) is 4.56. The van der Waals surface area contributed by atoms with Crippen LogP contribution in [0, 0.1) is 0 Å². The van der Waals surface area contributed by atoms with Gasteiger partial charge >= 0.3 is 0 Å². The van der Waals surface area contributed by atoms with E-state index in [1.165, 1.54) is 18.3 Å². The number of carbonyl (C=O) groups is 2. The zero-order valence-electron chi connectivity index (χ0n) is 14.7. The van der Waals surface area contributed by atoms with Gasteiger partial charge in [0, 0.05) is 30.3 Å². The summed E-state index contributed by atoms with van der Waals surface area (Å²) >= 11 is 1.52. The molecule has 2 aromatic heterocycles. The van der Waals surface area contributed by atoms with Crippen molar-refractivity contribution in [2.75, 3.05) is 5.32 Å². The van der Waals surface area contributed by atoms with Crippen molar-refractivity contribution >= 4 is 29.0 Å². The van der Waals surface area contributed by atoms with Crippen LogP contribution in [-0.2, 0) is 22.1 Å². The smallest absolute Gasteiger partial charge is 0.227 e. The van der Waals surface area contributed by atoms with E-state index in [1.807, 2.05) is 23.6 Å². The lowest BCUT2D eigenvalue weighted by molar-refractivity contribution is -0.120. The van der Waals surface area contributed by atoms with Crippen molar-refractivity contribution in [1.82, 2.24) is 15.1 Å². The number of carbonyl (C=O) groups excluding carboxylic acids is 2. The standard InChI is InChI=1S/C17H24N4O2S/c1-11(22)18-12(13-7-6-8-24-13)9-16(23)19-15-10-14(17(2,3)4)20-21(15)5/h6-8,10,12H,9H2,1-5H3,(H,18,22)(H,19,23)/t12-/m0/s1. The maximum atomic E-state index is 12.4. The fourth-order valence-corrected chi connectivity index (χ4v) is 3.07. The summed E-state index contributed by atoms with van der Waals surface area (Å²) in [6.45, 7) is 7.68. The van der Waals surface area contributed by atoms with Crippen LogP contribution >= 0.6 is 11.3 Å². The van der Waals surface area contributed by atoms with E-state index in [0.717, 1.165) is 10.6 Å². The van der Waals surface area contributed by atoms with Crippen LogP contribution in [-0.4, -0.2) is 21.6 Å². The van der Waals surface area contributed by atoms with Gasteiger partial charge in [-0.3, -0.25) is 14.3 Å². The van der Waals surface area contributed by atoms with E-state index in [-0.39, 0.29) is 29.7 Å². The number of thiophene rings is 1. The molecular weight excluding hydrogens is 324 g/mol. The number of aryl methyl sites for hydroxylation is 1. The molecule has 2 amide bonds. The molecule has 0 aliphatic heterocycles. The molecule has 0 aliphatic rings. The summed E-state index contributed by atoms with van der Waals surface area (Å²) in [6.07, 6.45) is 0.177. The van der Waals surface area contributed by atoms with Gasteiger partial charge in [-0.15, -0.1) is 11.3 Å². The third kappa shape index (κ3) is 4.67. The van der Waals surface area contributed by atoms with Crippen molar-refractivity contribution in [1.29, 1.82) is 0 Å². The fourth-order valence-electron chi connectivity index (χ4n) is 2.29. The number of rotatable bonds is 5. The molecule has 7 heteroatoms. The molecule has 0 unspecified atom stereocenters. The molecule has 0 saturated heterocycles. The molecule has 0 spiro atoms. The zero-order valence-corrected chi connectivity index (χ0v) is 15.5. The van der Waals surface area contributed by atoms with E-state index in [0.29, 0.717) is 5.82 Å². The molecule has 2 rings (SSSR count). The van der Waals surface area contributed by atoms with Gasteiger partial charge in [-0.25, -0.2) is 0 Å². The largest absolute Gasteiger partial charge is 0.348 e. The third-order valence-electron chi connectivity index (χ3n) is 3.57. The van der Waals surface area contributed by atoms with E-state index in [9.17, 15) is 9.59 Å². The Morgan fingerprint density at radius 3 is 2.58 bits per heavy atom. The monoisotopic (exact) mass is 348 g/mol. The maximum absolute atomic E-state index is 12.4. The van der Waals surface area contributed by atoms with Gasteiger partial charge in [-0.05, 0) is 11.4 Å². The Balaban J connectivity index is 2.09. The van der Waals surface area contributed by atoms with Crippen LogP contribution in [0.4, 0.5) is 5.82 Å². The number of nitrogens with one attached hydrogen (secondary N) is 2. The van der Waals surface area contributed by atoms with Gasteiger partial charge in [0.15, 0.2) is 0 Å². The number of hydrogen-bond acceptors (Lipinski definition) is 4. The second kappa shape index (κ2) is 7.17. The highest BCUT2D eigenvalue weighted by atomic mass is 32.1. The Labute approximate surface area is 146 Å². The highest BCUT2D eigenvalue weighted by molar-refractivity contribution is 7.10. The highest BCUT2D eigenvalue weighted by Gasteiger charge is 2.22. The first-order chi connectivity index (χ1) is 11.2. The van der Waals surface area contributed by atoms with E-state index >= 15 is 0 Å². The van der Waals surface area contributed by atoms with Crippen LogP contribution < -0.4 is 10.6 Å². The summed E-state index contributed by atoms with van der Waals surface area (Å²) in [7, 11) is 1.80. The molecule has 2 heterocycles. The van der Waals surface area contributed by atoms with Crippen molar-refractivity contribution in [3.8, 4) is 0 Å². The van der Waals surface area contributed by atoms with Crippen molar-refractivity contribution < 1.29 is 9.59 Å². The Morgan fingerprint density at radius 2 is 2.08 bits per heavy atom. The lowest BCUT2D eigenvalue weighted by atomic mass is 9.92. The van der Waals surface area contributed by atoms with E-state index in [4.69, 9.17) is 0 Å². The Bertz CT molecular complexity index is 714. The molecule has 2 N–H and O–H groups in total. The minimum absolute atomic E-state index is 0.0869. The Morgan fingerprint density at radius 1 is 1.38 bits per heavy atom. The van der Waals surface area contributed by atoms with Crippen molar-refractivity contribution in [3.05, 3.63) is 34.2 Å². The summed E-state index contributed by atoms with van der Waals surface area (Å²) in [5, 5.41) is 12.1. The predicted octanol–water partition coefficient (Wildman–Crippen LogP) is 2.99. The summed E-state index contributed by atoms with van der Waals surface area (Å²) in [6, 6.07) is 5.39. The van der Waals surface area contributed by atoms with Gasteiger partial charge in [0.1, 0.15) is 5.82 Å². The van der Waals surface area contributed by atoms with Gasteiger partial charge in [0.05, 0.1) is 18.2 Å². The molecule has 6 nitrogen and oxygen atoms in total. The first-order valence-electron chi connectivity index (χ1n) is 7.81. The molecular formula is C17H24N4O2S. The molecule has 0 aromatic carbocycles. The number of nitrogens with zero attached hydrogens (tertiary/aromatic N) is 2. The first kappa shape index (κ1) is 18.2. The SMILES string of the molecule is CC(=O)N[C@@H](CC(=O)Nc1cc(C(C)(C)C)nn1C)c1cccs1. The molecule has 0 fully saturated rings. The summed E-state index contributed by atoms with van der Waals surface area (Å²) in [5.74, 6) is 0.333. The van der Waals surface area contributed by atoms with Crippen LogP contribution in [0.1, 0.15) is 50.7 Å². The van der Waals surface area contributed by atoms with E-state index in [2.05, 4.69) is 36.5 Å². The molecule has 130 valence electrons. The van der Waals surface area contributed by atoms with Crippen molar-refractivity contribution in [2.45, 2.75) is 45.6 Å². The maximum Gasteiger partial charge on any atom is 0.227 e. The van der Waals surface area contributed by atoms with Gasteiger partial charge in [0.25, 0.3) is 0 Å². The highest BCUT2D eigenvalue weighted by Crippen LogP contribution is 2.25. The first-order valence-corrected chi connectivity index (χ1v) is 8.69. The molecule has 2 aromatic rings. The minimum Gasteiger partial charge on any atom is -0.348 e. The molecule has 1 atom stereocenters. The van der Waals surface area contributed by atoms with E-state index in [1.54, 1.807) is 11.7 Å². The quantitative estimate of drug-likeness (QED) is 0.872. The van der Waals surface area contributed by atoms with Crippen LogP contribution in [0.3, 0.4) is 0 Å². The second-order valence-corrected chi connectivity index (χ2v) is 7.79. The lowest BCUT2D eigenvalue weighted by Gasteiger charge is -2.16. The molecule has 0 radical (unpaired) electrons. The summed E-state index contributed by atoms with van der Waals surface area (Å²) < 4.78 is 1.66. The van der Waals surface area contributed by atoms with Crippen LogP contribution in [0.2, 0.25) is 0 Å². The van der Waals surface area contributed by atoms with Crippen molar-refractivity contribution in [3.63, 3.8) is 0 Å². The number of anilines is 1. The van der Waals surface area contributed by atoms with Gasteiger partial charge in [-0.1, -0.05) is 26.8 Å². The van der Waals surface area contributed by atoms with E-state index < -0.39 is 0 Å². The average Bonchev–Trinajstić information content (AvgIpc) is 3.07. The topological polar surface area (TPSA) is 76.0 Å². The normalized spacial score (nSPS) is 12.7. The number of hydrogen-bond donors (Lipinski definition) is 2. The summed E-state index contributed by atoms with van der Waals surface area (Å²) in [5.41, 5.74) is 0.827. The number of amides is 2.